The summed E-state index contributed by atoms with van der Waals surface area (Å²) in [4.78, 5) is 26.6. The summed E-state index contributed by atoms with van der Waals surface area (Å²) in [5, 5.41) is 14.0. The molecule has 8 aromatic rings. The average molecular weight is 380 g/mol. The highest BCUT2D eigenvalue weighted by atomic mass is 16.1. The van der Waals surface area contributed by atoms with Gasteiger partial charge in [-0.3, -0.25) is 9.59 Å². The van der Waals surface area contributed by atoms with E-state index in [2.05, 4.69) is 30.3 Å². The molecule has 0 amide bonds. The minimum atomic E-state index is 0.0140. The molecule has 2 heteroatoms. The summed E-state index contributed by atoms with van der Waals surface area (Å²) in [6.45, 7) is 0. The first-order valence-electron chi connectivity index (χ1n) is 10.1. The van der Waals surface area contributed by atoms with Crippen molar-refractivity contribution in [1.29, 1.82) is 0 Å². The molecule has 8 rings (SSSR count). The molecule has 8 aromatic carbocycles. The molecule has 0 fully saturated rings. The van der Waals surface area contributed by atoms with Crippen molar-refractivity contribution in [2.75, 3.05) is 0 Å². The lowest BCUT2D eigenvalue weighted by atomic mass is 9.80. The van der Waals surface area contributed by atoms with Crippen LogP contribution in [0, 0.1) is 0 Å². The third-order valence-corrected chi connectivity index (χ3v) is 7.03. The van der Waals surface area contributed by atoms with Gasteiger partial charge in [-0.2, -0.15) is 0 Å². The molecule has 0 saturated carbocycles. The first-order valence-corrected chi connectivity index (χ1v) is 10.1. The lowest BCUT2D eigenvalue weighted by Crippen LogP contribution is -2.07. The van der Waals surface area contributed by atoms with Crippen molar-refractivity contribution in [3.63, 3.8) is 0 Å². The number of benzene rings is 8. The van der Waals surface area contributed by atoms with Crippen LogP contribution in [0.2, 0.25) is 0 Å². The Morgan fingerprint density at radius 2 is 0.967 bits per heavy atom. The van der Waals surface area contributed by atoms with Gasteiger partial charge in [0.1, 0.15) is 0 Å². The zero-order chi connectivity index (χ0) is 19.7. The number of rotatable bonds is 0. The molecule has 0 aliphatic carbocycles. The van der Waals surface area contributed by atoms with Crippen LogP contribution in [0.15, 0.2) is 82.4 Å². The molecule has 0 aromatic heterocycles. The fourth-order valence-electron chi connectivity index (χ4n) is 5.97. The van der Waals surface area contributed by atoms with E-state index in [1.165, 1.54) is 10.8 Å². The third kappa shape index (κ3) is 1.40. The van der Waals surface area contributed by atoms with E-state index >= 15 is 0 Å². The van der Waals surface area contributed by atoms with E-state index in [1.54, 1.807) is 6.07 Å². The Balaban J connectivity index is 2.02. The van der Waals surface area contributed by atoms with Crippen molar-refractivity contribution in [3.05, 3.63) is 93.2 Å². The molecule has 0 atom stereocenters. The number of hydrogen-bond acceptors (Lipinski definition) is 2. The predicted molar refractivity (Wildman–Crippen MR) is 126 cm³/mol. The molecule has 2 nitrogen and oxygen atoms in total. The van der Waals surface area contributed by atoms with Gasteiger partial charge >= 0.3 is 0 Å². The monoisotopic (exact) mass is 380 g/mol. The van der Waals surface area contributed by atoms with E-state index in [4.69, 9.17) is 0 Å². The Kier molecular flexibility index (Phi) is 2.27. The van der Waals surface area contributed by atoms with Gasteiger partial charge in [0.05, 0.1) is 0 Å². The van der Waals surface area contributed by atoms with Gasteiger partial charge < -0.3 is 0 Å². The van der Waals surface area contributed by atoms with Crippen molar-refractivity contribution in [3.8, 4) is 0 Å². The Morgan fingerprint density at radius 1 is 0.400 bits per heavy atom. The molecule has 0 aliphatic rings. The molecule has 30 heavy (non-hydrogen) atoms. The van der Waals surface area contributed by atoms with Gasteiger partial charge in [0.15, 0.2) is 10.9 Å². The van der Waals surface area contributed by atoms with Gasteiger partial charge in [0.25, 0.3) is 0 Å². The van der Waals surface area contributed by atoms with Crippen LogP contribution in [0.25, 0.3) is 75.4 Å². The van der Waals surface area contributed by atoms with Crippen LogP contribution in [-0.4, -0.2) is 0 Å². The summed E-state index contributed by atoms with van der Waals surface area (Å²) in [5.41, 5.74) is 0.0576. The Morgan fingerprint density at radius 3 is 1.77 bits per heavy atom. The van der Waals surface area contributed by atoms with Crippen LogP contribution in [0.4, 0.5) is 0 Å². The second kappa shape index (κ2) is 4.58. The molecule has 0 aliphatic heterocycles. The van der Waals surface area contributed by atoms with E-state index in [0.29, 0.717) is 5.39 Å². The third-order valence-electron chi connectivity index (χ3n) is 7.03. The fourth-order valence-corrected chi connectivity index (χ4v) is 5.97. The normalized spacial score (nSPS) is 12.9. The van der Waals surface area contributed by atoms with Crippen molar-refractivity contribution in [2.24, 2.45) is 0 Å². The van der Waals surface area contributed by atoms with Crippen molar-refractivity contribution in [1.82, 2.24) is 0 Å². The smallest absolute Gasteiger partial charge is 0.194 e. The maximum absolute atomic E-state index is 13.5. The predicted octanol–water partition coefficient (Wildman–Crippen LogP) is 6.23. The molecule has 0 N–H and O–H groups in total. The van der Waals surface area contributed by atoms with Crippen LogP contribution in [0.5, 0.6) is 0 Å². The van der Waals surface area contributed by atoms with Crippen LogP contribution in [0.3, 0.4) is 0 Å². The molecule has 0 unspecified atom stereocenters. The molecule has 136 valence electrons. The zero-order valence-corrected chi connectivity index (χ0v) is 15.7. The molecule has 0 spiro atoms. The minimum Gasteiger partial charge on any atom is -0.289 e. The average Bonchev–Trinajstić information content (AvgIpc) is 2.78. The standard InChI is InChI=1S/C28H12O2/c29-20-11-10-14-12-13-4-1-5-15-16-6-2-8-18-23(16)27-24-17(7-3-9-19(24)28(18)30)25(20)22(14)26(27)21(13)15/h1-12H. The first kappa shape index (κ1) is 14.9. The number of fused-ring (bicyclic) bond motifs is 2. The maximum Gasteiger partial charge on any atom is 0.194 e. The Labute approximate surface area is 168 Å². The second-order valence-corrected chi connectivity index (χ2v) is 8.35. The molecular formula is C28H12O2. The Hall–Kier alpha value is -4.04. The Bertz CT molecular complexity index is 2080. The van der Waals surface area contributed by atoms with Crippen molar-refractivity contribution in [2.45, 2.75) is 0 Å². The van der Waals surface area contributed by atoms with Crippen molar-refractivity contribution >= 4 is 75.4 Å². The van der Waals surface area contributed by atoms with E-state index in [1.807, 2.05) is 36.4 Å². The summed E-state index contributed by atoms with van der Waals surface area (Å²) >= 11 is 0. The van der Waals surface area contributed by atoms with Crippen LogP contribution in [-0.2, 0) is 0 Å². The second-order valence-electron chi connectivity index (χ2n) is 8.35. The summed E-state index contributed by atoms with van der Waals surface area (Å²) in [6, 6.07) is 24.0. The highest BCUT2D eigenvalue weighted by Gasteiger charge is 2.24. The van der Waals surface area contributed by atoms with Gasteiger partial charge in [-0.1, -0.05) is 60.7 Å². The maximum atomic E-state index is 13.5. The summed E-state index contributed by atoms with van der Waals surface area (Å²) in [7, 11) is 0. The zero-order valence-electron chi connectivity index (χ0n) is 15.7. The fraction of sp³-hybridized carbons (Fsp3) is 0. The van der Waals surface area contributed by atoms with Gasteiger partial charge in [-0.05, 0) is 44.5 Å². The molecule has 0 saturated heterocycles. The van der Waals surface area contributed by atoms with Gasteiger partial charge in [0, 0.05) is 43.1 Å². The summed E-state index contributed by atoms with van der Waals surface area (Å²) < 4.78 is 0. The topological polar surface area (TPSA) is 34.1 Å². The lowest BCUT2D eigenvalue weighted by Gasteiger charge is -2.21. The largest absolute Gasteiger partial charge is 0.289 e. The molecule has 0 bridgehead atoms. The lowest BCUT2D eigenvalue weighted by molar-refractivity contribution is 1.71. The SMILES string of the molecule is O=c1c2cccc3c4cccc5cc6ccc(=O)c7c8cccc1c8c(c23)c(c54)c67. The summed E-state index contributed by atoms with van der Waals surface area (Å²) in [6.07, 6.45) is 0. The first-order chi connectivity index (χ1) is 14.7. The summed E-state index contributed by atoms with van der Waals surface area (Å²) in [5.74, 6) is 0. The highest BCUT2D eigenvalue weighted by Crippen LogP contribution is 2.49. The molecule has 0 heterocycles. The van der Waals surface area contributed by atoms with Crippen LogP contribution < -0.4 is 10.9 Å². The van der Waals surface area contributed by atoms with Gasteiger partial charge in [-0.15, -0.1) is 0 Å². The highest BCUT2D eigenvalue weighted by molar-refractivity contribution is 6.48. The minimum absolute atomic E-state index is 0.0140. The quantitative estimate of drug-likeness (QED) is 0.231. The van der Waals surface area contributed by atoms with E-state index < -0.39 is 0 Å². The van der Waals surface area contributed by atoms with Gasteiger partial charge in [0.2, 0.25) is 0 Å². The van der Waals surface area contributed by atoms with Gasteiger partial charge in [-0.25, -0.2) is 0 Å². The molecular weight excluding hydrogens is 368 g/mol. The van der Waals surface area contributed by atoms with Crippen LogP contribution in [0.1, 0.15) is 0 Å². The van der Waals surface area contributed by atoms with E-state index in [-0.39, 0.29) is 10.9 Å². The number of hydrogen-bond donors (Lipinski definition) is 0. The van der Waals surface area contributed by atoms with E-state index in [9.17, 15) is 9.59 Å². The van der Waals surface area contributed by atoms with E-state index in [0.717, 1.165) is 59.2 Å². The van der Waals surface area contributed by atoms with Crippen LogP contribution >= 0.6 is 0 Å². The molecule has 0 radical (unpaired) electrons. The van der Waals surface area contributed by atoms with Crippen molar-refractivity contribution < 1.29 is 0 Å².